The molecule has 0 aromatic carbocycles. The van der Waals surface area contributed by atoms with Crippen molar-refractivity contribution in [3.05, 3.63) is 47.6 Å². The van der Waals surface area contributed by atoms with E-state index >= 15 is 0 Å². The van der Waals surface area contributed by atoms with Gasteiger partial charge in [0.05, 0.1) is 50.8 Å². The van der Waals surface area contributed by atoms with Crippen molar-refractivity contribution in [1.82, 2.24) is 4.90 Å². The minimum Gasteiger partial charge on any atom is -0.460 e. The zero-order chi connectivity index (χ0) is 55.4. The molecule has 0 aromatic rings. The number of ether oxygens (including phenoxy) is 8. The van der Waals surface area contributed by atoms with Gasteiger partial charge in [-0.25, -0.2) is 4.79 Å². The number of piperidine rings is 1. The lowest BCUT2D eigenvalue weighted by Gasteiger charge is -2.43. The summed E-state index contributed by atoms with van der Waals surface area (Å²) in [4.78, 5) is 72.8. The van der Waals surface area contributed by atoms with E-state index in [1.54, 1.807) is 40.9 Å². The summed E-state index contributed by atoms with van der Waals surface area (Å²) < 4.78 is 47.8. The molecule has 2 bridgehead atoms. The number of esters is 1. The molecule has 1 unspecified atom stereocenters. The molecule has 5 aliphatic heterocycles. The van der Waals surface area contributed by atoms with Crippen LogP contribution in [-0.2, 0) is 61.9 Å². The molecule has 5 heterocycles. The number of fused-ring (bicyclic) bond motifs is 4. The number of rotatable bonds is 10. The average molecular weight is 1070 g/mol. The van der Waals surface area contributed by atoms with E-state index < -0.39 is 96.1 Å². The van der Waals surface area contributed by atoms with Gasteiger partial charge in [-0.2, -0.15) is 0 Å². The van der Waals surface area contributed by atoms with Crippen LogP contribution in [0, 0.1) is 35.5 Å². The molecule has 428 valence electrons. The molecule has 1 aliphatic carbocycles. The van der Waals surface area contributed by atoms with Gasteiger partial charge in [0.25, 0.3) is 11.7 Å². The number of aliphatic hydroxyl groups excluding tert-OH is 3. The van der Waals surface area contributed by atoms with Gasteiger partial charge in [-0.3, -0.25) is 19.2 Å². The lowest BCUT2D eigenvalue weighted by Crippen LogP contribution is -2.61. The van der Waals surface area contributed by atoms with Crippen LogP contribution in [0.4, 0.5) is 0 Å². The number of carbonyl (C=O) groups excluding carboxylic acids is 5. The Balaban J connectivity index is 1.28. The standard InChI is InChI=1S/C58H89NO17/c1-33-15-11-10-12-16-34(2)46(71-23-24-72-49-32-74-52-45(62)31-73-53(49)52)29-41-20-18-39(7)58(68,76-41)55(65)56(66)59-22-14-13-17-42(59)57(67)75-47(36(4)27-40-19-21-43(60)48(28-40)69-8)30-44(61)35(3)26-38(6)51(64)54(70-9)50(63)37(5)25-33/h10-12,15-16,26,33,35-37,39-43,45-49,51-54,60,62,64,68H,13-14,17-25,27-32H2,1-9H3/b12-10+,15-11+,34-16+,38-26+/t33-,35-,36-,37-,39-,40+,41+,42+,43-,45-,46?,47+,48-,49-,51-,52-,53-,54+,58-/m1/s1. The summed E-state index contributed by atoms with van der Waals surface area (Å²) >= 11 is 0. The van der Waals surface area contributed by atoms with Gasteiger partial charge in [-0.15, -0.1) is 0 Å². The van der Waals surface area contributed by atoms with Crippen LogP contribution in [0.25, 0.3) is 0 Å². The number of hydrogen-bond donors (Lipinski definition) is 4. The summed E-state index contributed by atoms with van der Waals surface area (Å²) in [5.74, 6) is -8.40. The maximum Gasteiger partial charge on any atom is 0.329 e. The molecule has 18 nitrogen and oxygen atoms in total. The van der Waals surface area contributed by atoms with Gasteiger partial charge in [0.15, 0.2) is 5.78 Å². The average Bonchev–Trinajstić information content (AvgIpc) is 3.99. The number of nitrogens with zero attached hydrogens (tertiary/aromatic N) is 1. The van der Waals surface area contributed by atoms with E-state index in [4.69, 9.17) is 37.9 Å². The fraction of sp³-hybridized carbons (Fsp3) is 0.776. The van der Waals surface area contributed by atoms with Crippen molar-refractivity contribution in [3.8, 4) is 0 Å². The number of methoxy groups -OCH3 is 2. The molecule has 18 heteroatoms. The van der Waals surface area contributed by atoms with Crippen LogP contribution in [0.1, 0.15) is 126 Å². The van der Waals surface area contributed by atoms with Crippen LogP contribution < -0.4 is 0 Å². The Morgan fingerprint density at radius 2 is 1.53 bits per heavy atom. The third kappa shape index (κ3) is 15.6. The summed E-state index contributed by atoms with van der Waals surface area (Å²) in [5.41, 5.74) is 1.18. The van der Waals surface area contributed by atoms with E-state index in [9.17, 15) is 44.4 Å². The number of Topliss-reactive ketones (excluding diaryl/α,β-unsaturated/α-hetero) is 3. The summed E-state index contributed by atoms with van der Waals surface area (Å²) in [6.45, 7) is 13.4. The zero-order valence-corrected chi connectivity index (χ0v) is 46.4. The van der Waals surface area contributed by atoms with Crippen molar-refractivity contribution in [2.45, 2.75) is 204 Å². The van der Waals surface area contributed by atoms with E-state index in [2.05, 4.69) is 0 Å². The maximum absolute atomic E-state index is 14.5. The van der Waals surface area contributed by atoms with Crippen molar-refractivity contribution in [3.63, 3.8) is 0 Å². The van der Waals surface area contributed by atoms with Crippen molar-refractivity contribution in [2.75, 3.05) is 47.2 Å². The predicted molar refractivity (Wildman–Crippen MR) is 279 cm³/mol. The first kappa shape index (κ1) is 61.7. The van der Waals surface area contributed by atoms with E-state index in [1.165, 1.54) is 12.0 Å². The first-order valence-electron chi connectivity index (χ1n) is 28.0. The largest absolute Gasteiger partial charge is 0.460 e. The molecule has 76 heavy (non-hydrogen) atoms. The topological polar surface area (TPSA) is 243 Å². The van der Waals surface area contributed by atoms with E-state index in [0.717, 1.165) is 5.57 Å². The molecule has 5 fully saturated rings. The molecule has 0 aromatic heterocycles. The second kappa shape index (κ2) is 28.6. The minimum absolute atomic E-state index is 0.0290. The Bertz CT molecular complexity index is 2090. The number of ketones is 3. The molecule has 1 amide bonds. The number of carbonyl (C=O) groups is 5. The van der Waals surface area contributed by atoms with Gasteiger partial charge in [-0.1, -0.05) is 71.1 Å². The van der Waals surface area contributed by atoms with Crippen LogP contribution >= 0.6 is 0 Å². The summed E-state index contributed by atoms with van der Waals surface area (Å²) in [7, 11) is 2.93. The Morgan fingerprint density at radius 1 is 0.789 bits per heavy atom. The Hall–Kier alpha value is -3.53. The quantitative estimate of drug-likeness (QED) is 0.0963. The molecule has 6 aliphatic rings. The lowest BCUT2D eigenvalue weighted by molar-refractivity contribution is -0.266. The fourth-order valence-electron chi connectivity index (χ4n) is 12.0. The summed E-state index contributed by atoms with van der Waals surface area (Å²) in [6, 6.07) is -1.18. The molecule has 0 radical (unpaired) electrons. The van der Waals surface area contributed by atoms with Crippen molar-refractivity contribution >= 4 is 29.2 Å². The van der Waals surface area contributed by atoms with Crippen LogP contribution in [0.3, 0.4) is 0 Å². The molecule has 4 N–H and O–H groups in total. The monoisotopic (exact) mass is 1070 g/mol. The molecular formula is C58H89NO17. The van der Waals surface area contributed by atoms with Gasteiger partial charge in [-0.05, 0) is 107 Å². The number of amides is 1. The Morgan fingerprint density at radius 3 is 2.26 bits per heavy atom. The highest BCUT2D eigenvalue weighted by Gasteiger charge is 2.53. The highest BCUT2D eigenvalue weighted by molar-refractivity contribution is 6.39. The first-order valence-corrected chi connectivity index (χ1v) is 28.0. The number of aliphatic hydroxyl groups is 4. The highest BCUT2D eigenvalue weighted by Crippen LogP contribution is 2.38. The van der Waals surface area contributed by atoms with Crippen LogP contribution in [0.15, 0.2) is 47.6 Å². The third-order valence-corrected chi connectivity index (χ3v) is 16.9. The van der Waals surface area contributed by atoms with Crippen LogP contribution in [0.2, 0.25) is 0 Å². The van der Waals surface area contributed by atoms with Crippen LogP contribution in [-0.4, -0.2) is 181 Å². The van der Waals surface area contributed by atoms with Crippen molar-refractivity contribution in [2.24, 2.45) is 35.5 Å². The van der Waals surface area contributed by atoms with Crippen molar-refractivity contribution < 1.29 is 82.3 Å². The minimum atomic E-state index is -2.51. The highest BCUT2D eigenvalue weighted by atomic mass is 16.6. The lowest BCUT2D eigenvalue weighted by atomic mass is 9.78. The second-order valence-electron chi connectivity index (χ2n) is 22.8. The van der Waals surface area contributed by atoms with E-state index in [0.29, 0.717) is 63.4 Å². The molecule has 19 atom stereocenters. The van der Waals surface area contributed by atoms with Gasteiger partial charge in [0.2, 0.25) is 5.79 Å². The van der Waals surface area contributed by atoms with Crippen molar-refractivity contribution in [1.29, 1.82) is 0 Å². The summed E-state index contributed by atoms with van der Waals surface area (Å²) in [5, 5.41) is 44.5. The summed E-state index contributed by atoms with van der Waals surface area (Å²) in [6.07, 6.45) is 8.36. The SMILES string of the molecule is CO[C@@H]1C[C@H](C[C@@H](C)[C@@H]2CC(=O)[C@H](C)/C=C(\C)[C@@H](O)[C@@H](OC)C(=O)[C@H](C)C[C@H](C)/C=C/C=C/C=C(\C)C(OCCO[C@@H]3CO[C@H]4[C@@H]3OC[C@H]4O)C[C@@H]3CC[C@@H](C)[C@@](O)(O3)C(=O)C(=O)N3CCCC[C@H]3C(=O)O2)CC[C@H]1O. The van der Waals surface area contributed by atoms with Gasteiger partial charge >= 0.3 is 5.97 Å². The van der Waals surface area contributed by atoms with Gasteiger partial charge in [0.1, 0.15) is 54.6 Å². The molecule has 1 saturated carbocycles. The van der Waals surface area contributed by atoms with Gasteiger partial charge < -0.3 is 63.2 Å². The van der Waals surface area contributed by atoms with Gasteiger partial charge in [0, 0.05) is 51.4 Å². The first-order chi connectivity index (χ1) is 36.2. The maximum atomic E-state index is 14.5. The van der Waals surface area contributed by atoms with E-state index in [1.807, 2.05) is 51.2 Å². The third-order valence-electron chi connectivity index (χ3n) is 16.9. The number of allylic oxidation sites excluding steroid dienone is 6. The number of cyclic esters (lactones) is 1. The second-order valence-corrected chi connectivity index (χ2v) is 22.8. The van der Waals surface area contributed by atoms with E-state index in [-0.39, 0.29) is 99.9 Å². The molecule has 6 rings (SSSR count). The molecule has 4 saturated heterocycles. The normalized spacial score (nSPS) is 42.0. The Kier molecular flexibility index (Phi) is 23.2. The Labute approximate surface area is 449 Å². The molecule has 0 spiro atoms. The van der Waals surface area contributed by atoms with Crippen LogP contribution in [0.5, 0.6) is 0 Å². The fourth-order valence-corrected chi connectivity index (χ4v) is 12.0. The number of hydrogen-bond acceptors (Lipinski definition) is 17. The molecular weight excluding hydrogens is 983 g/mol. The predicted octanol–water partition coefficient (Wildman–Crippen LogP) is 5.09. The smallest absolute Gasteiger partial charge is 0.329 e. The zero-order valence-electron chi connectivity index (χ0n) is 46.4.